The highest BCUT2D eigenvalue weighted by Gasteiger charge is 2.23. The molecular formula is C15H23ClO. The standard InChI is InChI=1S/C15H23ClO/c1-11(15(2,3)4)9-13(17)10-12-7-5-6-8-14(12)16/h5-8,11,13,17H,9-10H2,1-4H3. The Hall–Kier alpha value is -0.530. The number of halogens is 1. The van der Waals surface area contributed by atoms with E-state index >= 15 is 0 Å². The smallest absolute Gasteiger partial charge is 0.0583 e. The molecule has 0 saturated carbocycles. The van der Waals surface area contributed by atoms with Gasteiger partial charge < -0.3 is 5.11 Å². The summed E-state index contributed by atoms with van der Waals surface area (Å²) in [5.41, 5.74) is 1.27. The fraction of sp³-hybridized carbons (Fsp3) is 0.600. The van der Waals surface area contributed by atoms with E-state index in [0.717, 1.165) is 17.0 Å². The van der Waals surface area contributed by atoms with Crippen LogP contribution < -0.4 is 0 Å². The first-order valence-electron chi connectivity index (χ1n) is 6.22. The highest BCUT2D eigenvalue weighted by molar-refractivity contribution is 6.31. The van der Waals surface area contributed by atoms with Crippen molar-refractivity contribution in [3.63, 3.8) is 0 Å². The zero-order valence-electron chi connectivity index (χ0n) is 11.2. The van der Waals surface area contributed by atoms with Crippen molar-refractivity contribution < 1.29 is 5.11 Å². The first kappa shape index (κ1) is 14.5. The third kappa shape index (κ3) is 4.69. The molecule has 2 atom stereocenters. The number of aliphatic hydroxyl groups is 1. The van der Waals surface area contributed by atoms with Crippen LogP contribution in [0.3, 0.4) is 0 Å². The first-order chi connectivity index (χ1) is 7.80. The van der Waals surface area contributed by atoms with Crippen molar-refractivity contribution in [1.82, 2.24) is 0 Å². The highest BCUT2D eigenvalue weighted by Crippen LogP contribution is 2.30. The summed E-state index contributed by atoms with van der Waals surface area (Å²) in [7, 11) is 0. The van der Waals surface area contributed by atoms with Crippen LogP contribution in [0.25, 0.3) is 0 Å². The van der Waals surface area contributed by atoms with Crippen LogP contribution in [0, 0.1) is 11.3 Å². The quantitative estimate of drug-likeness (QED) is 0.849. The Morgan fingerprint density at radius 2 is 1.82 bits per heavy atom. The highest BCUT2D eigenvalue weighted by atomic mass is 35.5. The number of rotatable bonds is 4. The lowest BCUT2D eigenvalue weighted by Gasteiger charge is -2.29. The summed E-state index contributed by atoms with van der Waals surface area (Å²) in [6.07, 6.45) is 1.14. The van der Waals surface area contributed by atoms with Crippen LogP contribution in [-0.4, -0.2) is 11.2 Å². The molecule has 0 radical (unpaired) electrons. The SMILES string of the molecule is CC(CC(O)Cc1ccccc1Cl)C(C)(C)C. The van der Waals surface area contributed by atoms with Crippen molar-refractivity contribution in [2.75, 3.05) is 0 Å². The second-order valence-corrected chi connectivity index (χ2v) is 6.36. The van der Waals surface area contributed by atoms with E-state index in [9.17, 15) is 5.11 Å². The van der Waals surface area contributed by atoms with Crippen LogP contribution in [0.5, 0.6) is 0 Å². The Kier molecular flexibility index (Phi) is 5.03. The van der Waals surface area contributed by atoms with Gasteiger partial charge in [-0.3, -0.25) is 0 Å². The van der Waals surface area contributed by atoms with Gasteiger partial charge in [0, 0.05) is 5.02 Å². The van der Waals surface area contributed by atoms with Gasteiger partial charge in [0.05, 0.1) is 6.10 Å². The zero-order valence-corrected chi connectivity index (χ0v) is 12.0. The van der Waals surface area contributed by atoms with Gasteiger partial charge in [0.15, 0.2) is 0 Å². The Morgan fingerprint density at radius 3 is 2.35 bits per heavy atom. The van der Waals surface area contributed by atoms with Crippen molar-refractivity contribution in [2.45, 2.75) is 46.6 Å². The molecule has 0 fully saturated rings. The normalized spacial score (nSPS) is 15.6. The molecule has 1 aromatic carbocycles. The maximum atomic E-state index is 10.1. The Bertz CT molecular complexity index is 354. The Balaban J connectivity index is 2.56. The zero-order chi connectivity index (χ0) is 13.1. The molecule has 0 aliphatic rings. The van der Waals surface area contributed by atoms with E-state index < -0.39 is 0 Å². The van der Waals surface area contributed by atoms with Crippen LogP contribution in [0.4, 0.5) is 0 Å². The maximum absolute atomic E-state index is 10.1. The van der Waals surface area contributed by atoms with Crippen LogP contribution >= 0.6 is 11.6 Å². The fourth-order valence-electron chi connectivity index (χ4n) is 1.76. The molecule has 1 rings (SSSR count). The molecule has 96 valence electrons. The van der Waals surface area contributed by atoms with E-state index in [0.29, 0.717) is 12.3 Å². The predicted octanol–water partition coefficient (Wildman–Crippen LogP) is 4.32. The van der Waals surface area contributed by atoms with E-state index in [1.165, 1.54) is 0 Å². The number of aliphatic hydroxyl groups excluding tert-OH is 1. The molecule has 17 heavy (non-hydrogen) atoms. The Morgan fingerprint density at radius 1 is 1.24 bits per heavy atom. The maximum Gasteiger partial charge on any atom is 0.0583 e. The molecule has 0 heterocycles. The molecule has 2 unspecified atom stereocenters. The minimum atomic E-state index is -0.316. The summed E-state index contributed by atoms with van der Waals surface area (Å²) in [6, 6.07) is 7.72. The third-order valence-electron chi connectivity index (χ3n) is 3.52. The van der Waals surface area contributed by atoms with Crippen molar-refractivity contribution in [3.05, 3.63) is 34.9 Å². The lowest BCUT2D eigenvalue weighted by atomic mass is 9.78. The van der Waals surface area contributed by atoms with Crippen LogP contribution in [-0.2, 0) is 6.42 Å². The van der Waals surface area contributed by atoms with Crippen LogP contribution in [0.2, 0.25) is 5.02 Å². The molecule has 2 heteroatoms. The van der Waals surface area contributed by atoms with Gasteiger partial charge >= 0.3 is 0 Å². The van der Waals surface area contributed by atoms with Gasteiger partial charge in [0.2, 0.25) is 0 Å². The van der Waals surface area contributed by atoms with E-state index in [1.807, 2.05) is 24.3 Å². The average molecular weight is 255 g/mol. The van der Waals surface area contributed by atoms with Gasteiger partial charge in [-0.05, 0) is 35.8 Å². The second-order valence-electron chi connectivity index (χ2n) is 5.95. The average Bonchev–Trinajstić information content (AvgIpc) is 2.20. The van der Waals surface area contributed by atoms with Gasteiger partial charge in [-0.25, -0.2) is 0 Å². The summed E-state index contributed by atoms with van der Waals surface area (Å²) in [6.45, 7) is 8.81. The number of hydrogen-bond acceptors (Lipinski definition) is 1. The van der Waals surface area contributed by atoms with Gasteiger partial charge in [-0.1, -0.05) is 57.5 Å². The third-order valence-corrected chi connectivity index (χ3v) is 3.89. The molecule has 0 aliphatic carbocycles. The number of hydrogen-bond donors (Lipinski definition) is 1. The molecule has 0 bridgehead atoms. The summed E-state index contributed by atoms with van der Waals surface area (Å²) < 4.78 is 0. The van der Waals surface area contributed by atoms with Crippen LogP contribution in [0.15, 0.2) is 24.3 Å². The molecule has 1 aromatic rings. The van der Waals surface area contributed by atoms with Crippen molar-refractivity contribution in [2.24, 2.45) is 11.3 Å². The largest absolute Gasteiger partial charge is 0.393 e. The second kappa shape index (κ2) is 5.88. The van der Waals surface area contributed by atoms with Crippen molar-refractivity contribution >= 4 is 11.6 Å². The van der Waals surface area contributed by atoms with Gasteiger partial charge in [-0.2, -0.15) is 0 Å². The minimum absolute atomic E-state index is 0.238. The van der Waals surface area contributed by atoms with Gasteiger partial charge in [0.25, 0.3) is 0 Å². The summed E-state index contributed by atoms with van der Waals surface area (Å²) in [4.78, 5) is 0. The molecule has 0 aliphatic heterocycles. The number of benzene rings is 1. The summed E-state index contributed by atoms with van der Waals surface area (Å²) >= 11 is 6.08. The van der Waals surface area contributed by atoms with Crippen LogP contribution in [0.1, 0.15) is 39.7 Å². The van der Waals surface area contributed by atoms with Crippen molar-refractivity contribution in [1.29, 1.82) is 0 Å². The molecule has 1 nitrogen and oxygen atoms in total. The molecule has 1 N–H and O–H groups in total. The summed E-state index contributed by atoms with van der Waals surface area (Å²) in [5, 5.41) is 10.8. The minimum Gasteiger partial charge on any atom is -0.393 e. The molecule has 0 aromatic heterocycles. The van der Waals surface area contributed by atoms with E-state index in [2.05, 4.69) is 27.7 Å². The van der Waals surface area contributed by atoms with Gasteiger partial charge in [-0.15, -0.1) is 0 Å². The molecule has 0 amide bonds. The van der Waals surface area contributed by atoms with E-state index in [4.69, 9.17) is 11.6 Å². The molecular weight excluding hydrogens is 232 g/mol. The Labute approximate surface area is 110 Å². The predicted molar refractivity (Wildman–Crippen MR) is 74.4 cm³/mol. The van der Waals surface area contributed by atoms with E-state index in [-0.39, 0.29) is 11.5 Å². The topological polar surface area (TPSA) is 20.2 Å². The lowest BCUT2D eigenvalue weighted by molar-refractivity contribution is 0.110. The van der Waals surface area contributed by atoms with Crippen molar-refractivity contribution in [3.8, 4) is 0 Å². The first-order valence-corrected chi connectivity index (χ1v) is 6.60. The fourth-order valence-corrected chi connectivity index (χ4v) is 1.98. The summed E-state index contributed by atoms with van der Waals surface area (Å²) in [5.74, 6) is 0.486. The van der Waals surface area contributed by atoms with Gasteiger partial charge in [0.1, 0.15) is 0 Å². The molecule has 0 spiro atoms. The monoisotopic (exact) mass is 254 g/mol. The lowest BCUT2D eigenvalue weighted by Crippen LogP contribution is -2.24. The van der Waals surface area contributed by atoms with E-state index in [1.54, 1.807) is 0 Å². The molecule has 0 saturated heterocycles.